The maximum Gasteiger partial charge on any atom is 0.239 e. The highest BCUT2D eigenvalue weighted by Crippen LogP contribution is 2.25. The summed E-state index contributed by atoms with van der Waals surface area (Å²) in [4.78, 5) is 10.8. The summed E-state index contributed by atoms with van der Waals surface area (Å²) in [6.45, 7) is 0. The topological polar surface area (TPSA) is 49.3 Å². The van der Waals surface area contributed by atoms with Gasteiger partial charge in [0.05, 0.1) is 5.02 Å². The van der Waals surface area contributed by atoms with E-state index in [1.165, 1.54) is 12.1 Å². The van der Waals surface area contributed by atoms with Crippen molar-refractivity contribution in [2.45, 2.75) is 0 Å². The highest BCUT2D eigenvalue weighted by atomic mass is 35.5. The second-order valence-electron chi connectivity index (χ2n) is 2.35. The van der Waals surface area contributed by atoms with Crippen molar-refractivity contribution < 1.29 is 9.90 Å². The van der Waals surface area contributed by atoms with Crippen LogP contribution in [0.1, 0.15) is 0 Å². The van der Waals surface area contributed by atoms with Crippen LogP contribution in [0.15, 0.2) is 18.2 Å². The molecule has 0 radical (unpaired) electrons. The van der Waals surface area contributed by atoms with E-state index in [1.54, 1.807) is 6.07 Å². The van der Waals surface area contributed by atoms with Crippen molar-refractivity contribution in [2.75, 3.05) is 11.2 Å². The molecule has 1 aromatic carbocycles. The van der Waals surface area contributed by atoms with Gasteiger partial charge in [0.15, 0.2) is 0 Å². The van der Waals surface area contributed by atoms with Gasteiger partial charge in [-0.3, -0.25) is 4.79 Å². The van der Waals surface area contributed by atoms with E-state index < -0.39 is 0 Å². The summed E-state index contributed by atoms with van der Waals surface area (Å²) in [5.74, 6) is -0.527. The zero-order valence-corrected chi connectivity index (χ0v) is 8.06. The number of hydrogen-bond acceptors (Lipinski definition) is 2. The third-order valence-electron chi connectivity index (χ3n) is 1.35. The predicted octanol–water partition coefficient (Wildman–Crippen LogP) is 2.22. The van der Waals surface area contributed by atoms with Crippen LogP contribution in [-0.4, -0.2) is 16.9 Å². The molecular formula is C8H7Cl2NO2. The van der Waals surface area contributed by atoms with Crippen molar-refractivity contribution in [3.05, 3.63) is 23.2 Å². The first-order chi connectivity index (χ1) is 6.13. The third-order valence-corrected chi connectivity index (χ3v) is 1.91. The minimum Gasteiger partial charge on any atom is -0.506 e. The van der Waals surface area contributed by atoms with E-state index in [-0.39, 0.29) is 22.6 Å². The fourth-order valence-electron chi connectivity index (χ4n) is 0.785. The van der Waals surface area contributed by atoms with Gasteiger partial charge in [-0.25, -0.2) is 0 Å². The maximum absolute atomic E-state index is 10.8. The van der Waals surface area contributed by atoms with Crippen LogP contribution in [0, 0.1) is 0 Å². The first-order valence-electron chi connectivity index (χ1n) is 3.48. The Labute approximate surface area is 85.3 Å². The van der Waals surface area contributed by atoms with E-state index in [0.29, 0.717) is 5.69 Å². The fraction of sp³-hybridized carbons (Fsp3) is 0.125. The molecule has 0 unspecified atom stereocenters. The molecule has 2 N–H and O–H groups in total. The van der Waals surface area contributed by atoms with Crippen LogP contribution in [0.25, 0.3) is 0 Å². The molecule has 0 saturated carbocycles. The number of alkyl halides is 1. The number of amides is 1. The summed E-state index contributed by atoms with van der Waals surface area (Å²) in [5.41, 5.74) is 0.465. The van der Waals surface area contributed by atoms with Crippen LogP contribution in [0.4, 0.5) is 5.69 Å². The number of nitrogens with one attached hydrogen (secondary N) is 1. The molecule has 1 aromatic rings. The number of carbonyl (C=O) groups excluding carboxylic acids is 1. The fourth-order valence-corrected chi connectivity index (χ4v) is 0.969. The smallest absolute Gasteiger partial charge is 0.239 e. The molecule has 70 valence electrons. The van der Waals surface area contributed by atoms with Crippen LogP contribution in [0.2, 0.25) is 5.02 Å². The number of aromatic hydroxyl groups is 1. The lowest BCUT2D eigenvalue weighted by Crippen LogP contribution is -2.12. The largest absolute Gasteiger partial charge is 0.506 e. The van der Waals surface area contributed by atoms with Crippen molar-refractivity contribution in [3.63, 3.8) is 0 Å². The van der Waals surface area contributed by atoms with Gasteiger partial charge in [-0.05, 0) is 12.1 Å². The normalized spacial score (nSPS) is 9.69. The number of anilines is 1. The standard InChI is InChI=1S/C8H7Cl2NO2/c9-4-8(13)11-5-1-2-6(10)7(12)3-5/h1-3,12H,4H2,(H,11,13). The number of phenols is 1. The lowest BCUT2D eigenvalue weighted by atomic mass is 10.3. The first kappa shape index (κ1) is 10.2. The van der Waals surface area contributed by atoms with E-state index in [4.69, 9.17) is 28.3 Å². The summed E-state index contributed by atoms with van der Waals surface area (Å²) >= 11 is 10.8. The van der Waals surface area contributed by atoms with Crippen LogP contribution >= 0.6 is 23.2 Å². The van der Waals surface area contributed by atoms with E-state index in [1.807, 2.05) is 0 Å². The van der Waals surface area contributed by atoms with Gasteiger partial charge in [-0.1, -0.05) is 11.6 Å². The molecule has 0 atom stereocenters. The van der Waals surface area contributed by atoms with Crippen LogP contribution in [0.3, 0.4) is 0 Å². The second-order valence-corrected chi connectivity index (χ2v) is 3.02. The molecule has 1 amide bonds. The average molecular weight is 220 g/mol. The molecule has 0 heterocycles. The Kier molecular flexibility index (Phi) is 3.39. The molecule has 1 rings (SSSR count). The highest BCUT2D eigenvalue weighted by Gasteiger charge is 2.02. The van der Waals surface area contributed by atoms with Gasteiger partial charge >= 0.3 is 0 Å². The van der Waals surface area contributed by atoms with E-state index in [0.717, 1.165) is 0 Å². The summed E-state index contributed by atoms with van der Waals surface area (Å²) in [6.07, 6.45) is 0. The number of hydrogen-bond donors (Lipinski definition) is 2. The molecule has 0 aliphatic heterocycles. The van der Waals surface area contributed by atoms with Gasteiger partial charge in [0.25, 0.3) is 0 Å². The van der Waals surface area contributed by atoms with E-state index in [9.17, 15) is 4.79 Å². The van der Waals surface area contributed by atoms with E-state index in [2.05, 4.69) is 5.32 Å². The Morgan fingerprint density at radius 2 is 2.23 bits per heavy atom. The molecule has 0 saturated heterocycles. The van der Waals surface area contributed by atoms with Gasteiger partial charge in [-0.2, -0.15) is 0 Å². The Balaban J connectivity index is 2.79. The zero-order chi connectivity index (χ0) is 9.84. The molecule has 13 heavy (non-hydrogen) atoms. The van der Waals surface area contributed by atoms with Crippen LogP contribution in [0.5, 0.6) is 5.75 Å². The van der Waals surface area contributed by atoms with Gasteiger partial charge in [0.1, 0.15) is 11.6 Å². The molecule has 0 aliphatic rings. The molecule has 0 fully saturated rings. The molecule has 5 heteroatoms. The summed E-state index contributed by atoms with van der Waals surface area (Å²) in [7, 11) is 0. The minimum atomic E-state index is -0.330. The van der Waals surface area contributed by atoms with Crippen molar-refractivity contribution in [1.29, 1.82) is 0 Å². The Morgan fingerprint density at radius 1 is 1.54 bits per heavy atom. The second kappa shape index (κ2) is 4.35. The Bertz CT molecular complexity index is 328. The molecule has 0 aromatic heterocycles. The minimum absolute atomic E-state index is 0.0750. The zero-order valence-electron chi connectivity index (χ0n) is 6.55. The maximum atomic E-state index is 10.8. The van der Waals surface area contributed by atoms with Gasteiger partial charge < -0.3 is 10.4 Å². The SMILES string of the molecule is O=C(CCl)Nc1ccc(Cl)c(O)c1. The number of phenolic OH excluding ortho intramolecular Hbond substituents is 1. The monoisotopic (exact) mass is 219 g/mol. The Morgan fingerprint density at radius 3 is 2.77 bits per heavy atom. The quantitative estimate of drug-likeness (QED) is 0.750. The lowest BCUT2D eigenvalue weighted by molar-refractivity contribution is -0.113. The Hall–Kier alpha value is -0.930. The summed E-state index contributed by atoms with van der Waals surface area (Å²) < 4.78 is 0. The lowest BCUT2D eigenvalue weighted by Gasteiger charge is -2.03. The molecule has 0 aliphatic carbocycles. The molecule has 0 spiro atoms. The molecule has 3 nitrogen and oxygen atoms in total. The number of halogens is 2. The first-order valence-corrected chi connectivity index (χ1v) is 4.39. The van der Waals surface area contributed by atoms with Crippen LogP contribution < -0.4 is 5.32 Å². The summed E-state index contributed by atoms with van der Waals surface area (Å²) in [6, 6.07) is 4.42. The third kappa shape index (κ3) is 2.79. The van der Waals surface area contributed by atoms with Gasteiger partial charge in [0, 0.05) is 11.8 Å². The van der Waals surface area contributed by atoms with Gasteiger partial charge in [0.2, 0.25) is 5.91 Å². The number of carbonyl (C=O) groups is 1. The highest BCUT2D eigenvalue weighted by molar-refractivity contribution is 6.32. The van der Waals surface area contributed by atoms with Crippen molar-refractivity contribution in [1.82, 2.24) is 0 Å². The van der Waals surface area contributed by atoms with Gasteiger partial charge in [-0.15, -0.1) is 11.6 Å². The predicted molar refractivity (Wildman–Crippen MR) is 52.5 cm³/mol. The average Bonchev–Trinajstić information content (AvgIpc) is 2.11. The summed E-state index contributed by atoms with van der Waals surface area (Å²) in [5, 5.41) is 11.9. The molecule has 0 bridgehead atoms. The van der Waals surface area contributed by atoms with Crippen LogP contribution in [-0.2, 0) is 4.79 Å². The van der Waals surface area contributed by atoms with Crippen molar-refractivity contribution in [2.24, 2.45) is 0 Å². The number of benzene rings is 1. The van der Waals surface area contributed by atoms with Crippen molar-refractivity contribution >= 4 is 34.8 Å². The number of rotatable bonds is 2. The van der Waals surface area contributed by atoms with Crippen molar-refractivity contribution in [3.8, 4) is 5.75 Å². The van der Waals surface area contributed by atoms with E-state index >= 15 is 0 Å². The molecular weight excluding hydrogens is 213 g/mol.